The monoisotopic (exact) mass is 406 g/mol. The summed E-state index contributed by atoms with van der Waals surface area (Å²) in [6.07, 6.45) is 0. The van der Waals surface area contributed by atoms with Gasteiger partial charge in [-0.05, 0) is 36.4 Å². The van der Waals surface area contributed by atoms with Crippen LogP contribution in [0.15, 0.2) is 41.3 Å². The topological polar surface area (TPSA) is 66.5 Å². The molecule has 0 saturated heterocycles. The Kier molecular flexibility index (Phi) is 5.78. The van der Waals surface area contributed by atoms with Crippen molar-refractivity contribution in [2.45, 2.75) is 4.90 Å². The molecule has 0 spiro atoms. The Bertz CT molecular complexity index is 899. The second-order valence-corrected chi connectivity index (χ2v) is 8.36. The smallest absolute Gasteiger partial charge is 0.255 e. The van der Waals surface area contributed by atoms with Crippen LogP contribution in [0.4, 0.5) is 5.69 Å². The highest BCUT2D eigenvalue weighted by atomic mass is 35.5. The van der Waals surface area contributed by atoms with Gasteiger partial charge >= 0.3 is 0 Å². The summed E-state index contributed by atoms with van der Waals surface area (Å²) in [4.78, 5) is 12.2. The van der Waals surface area contributed by atoms with Crippen molar-refractivity contribution in [3.63, 3.8) is 0 Å². The van der Waals surface area contributed by atoms with Gasteiger partial charge in [0.15, 0.2) is 0 Å². The van der Waals surface area contributed by atoms with Crippen LogP contribution in [0.3, 0.4) is 0 Å². The van der Waals surface area contributed by atoms with E-state index in [0.29, 0.717) is 15.7 Å². The molecular weight excluding hydrogens is 395 g/mol. The molecule has 2 aromatic rings. The maximum absolute atomic E-state index is 12.3. The SMILES string of the molecule is CN(C)S(=O)(=O)c1cc(C(=O)Nc2ccc(Cl)c(Cl)c2)ccc1Cl. The van der Waals surface area contributed by atoms with Gasteiger partial charge in [0.05, 0.1) is 15.1 Å². The fraction of sp³-hybridized carbons (Fsp3) is 0.133. The Morgan fingerprint density at radius 3 is 2.17 bits per heavy atom. The molecule has 1 N–H and O–H groups in total. The summed E-state index contributed by atoms with van der Waals surface area (Å²) in [6.45, 7) is 0. The number of benzene rings is 2. The summed E-state index contributed by atoms with van der Waals surface area (Å²) < 4.78 is 25.5. The number of sulfonamides is 1. The number of carbonyl (C=O) groups is 1. The summed E-state index contributed by atoms with van der Waals surface area (Å²) in [5, 5.41) is 3.31. The minimum Gasteiger partial charge on any atom is -0.322 e. The zero-order valence-corrected chi connectivity index (χ0v) is 15.8. The van der Waals surface area contributed by atoms with E-state index >= 15 is 0 Å². The summed E-state index contributed by atoms with van der Waals surface area (Å²) in [5.74, 6) is -0.500. The molecule has 0 bridgehead atoms. The number of halogens is 3. The minimum absolute atomic E-state index is 0.0368. The lowest BCUT2D eigenvalue weighted by molar-refractivity contribution is 0.102. The van der Waals surface area contributed by atoms with Crippen LogP contribution in [0.5, 0.6) is 0 Å². The number of hydrogen-bond donors (Lipinski definition) is 1. The van der Waals surface area contributed by atoms with Gasteiger partial charge < -0.3 is 5.32 Å². The second kappa shape index (κ2) is 7.29. The predicted octanol–water partition coefficient (Wildman–Crippen LogP) is 4.15. The van der Waals surface area contributed by atoms with Gasteiger partial charge in [0.1, 0.15) is 4.90 Å². The van der Waals surface area contributed by atoms with Gasteiger partial charge in [0.25, 0.3) is 5.91 Å². The van der Waals surface area contributed by atoms with Gasteiger partial charge in [0.2, 0.25) is 10.0 Å². The Morgan fingerprint density at radius 1 is 0.958 bits per heavy atom. The average Bonchev–Trinajstić information content (AvgIpc) is 2.51. The van der Waals surface area contributed by atoms with Crippen molar-refractivity contribution >= 4 is 56.4 Å². The Hall–Kier alpha value is -1.31. The number of nitrogens with one attached hydrogen (secondary N) is 1. The first kappa shape index (κ1) is 19.0. The van der Waals surface area contributed by atoms with Gasteiger partial charge in [-0.1, -0.05) is 34.8 Å². The number of rotatable bonds is 4. The van der Waals surface area contributed by atoms with Crippen molar-refractivity contribution < 1.29 is 13.2 Å². The largest absolute Gasteiger partial charge is 0.322 e. The average molecular weight is 408 g/mol. The van der Waals surface area contributed by atoms with E-state index in [1.807, 2.05) is 0 Å². The lowest BCUT2D eigenvalue weighted by Crippen LogP contribution is -2.23. The van der Waals surface area contributed by atoms with E-state index in [9.17, 15) is 13.2 Å². The van der Waals surface area contributed by atoms with Gasteiger partial charge in [-0.25, -0.2) is 12.7 Å². The highest BCUT2D eigenvalue weighted by Gasteiger charge is 2.22. The third-order valence-corrected chi connectivity index (χ3v) is 6.17. The molecule has 0 fully saturated rings. The van der Waals surface area contributed by atoms with E-state index in [-0.39, 0.29) is 15.5 Å². The third-order valence-electron chi connectivity index (χ3n) is 3.13. The fourth-order valence-electron chi connectivity index (χ4n) is 1.82. The van der Waals surface area contributed by atoms with E-state index in [0.717, 1.165) is 4.31 Å². The van der Waals surface area contributed by atoms with E-state index in [1.165, 1.54) is 38.4 Å². The molecule has 0 heterocycles. The molecule has 9 heteroatoms. The van der Waals surface area contributed by atoms with Gasteiger partial charge in [-0.3, -0.25) is 4.79 Å². The number of amides is 1. The van der Waals surface area contributed by atoms with Crippen molar-refractivity contribution in [2.24, 2.45) is 0 Å². The van der Waals surface area contributed by atoms with Crippen molar-refractivity contribution in [1.29, 1.82) is 0 Å². The van der Waals surface area contributed by atoms with Gasteiger partial charge in [-0.15, -0.1) is 0 Å². The zero-order valence-electron chi connectivity index (χ0n) is 12.7. The van der Waals surface area contributed by atoms with Crippen LogP contribution < -0.4 is 5.32 Å². The highest BCUT2D eigenvalue weighted by molar-refractivity contribution is 7.89. The minimum atomic E-state index is -3.77. The standard InChI is InChI=1S/C15H13Cl3N2O3S/c1-20(2)24(22,23)14-7-9(3-5-12(14)17)15(21)19-10-4-6-11(16)13(18)8-10/h3-8H,1-2H3,(H,19,21). The summed E-state index contributed by atoms with van der Waals surface area (Å²) in [5.41, 5.74) is 0.576. The van der Waals surface area contributed by atoms with E-state index in [1.54, 1.807) is 12.1 Å². The van der Waals surface area contributed by atoms with Crippen LogP contribution >= 0.6 is 34.8 Å². The number of carbonyl (C=O) groups excluding carboxylic acids is 1. The lowest BCUT2D eigenvalue weighted by atomic mass is 10.2. The molecule has 0 aliphatic carbocycles. The maximum Gasteiger partial charge on any atom is 0.255 e. The highest BCUT2D eigenvalue weighted by Crippen LogP contribution is 2.27. The molecule has 0 saturated carbocycles. The molecular formula is C15H13Cl3N2O3S. The fourth-order valence-corrected chi connectivity index (χ4v) is 3.51. The molecule has 0 aromatic heterocycles. The molecule has 5 nitrogen and oxygen atoms in total. The van der Waals surface area contributed by atoms with Crippen LogP contribution in [0.25, 0.3) is 0 Å². The molecule has 0 aliphatic rings. The number of nitrogens with zero attached hydrogens (tertiary/aromatic N) is 1. The lowest BCUT2D eigenvalue weighted by Gasteiger charge is -2.14. The second-order valence-electron chi connectivity index (χ2n) is 5.02. The predicted molar refractivity (Wildman–Crippen MR) is 96.7 cm³/mol. The molecule has 128 valence electrons. The van der Waals surface area contributed by atoms with E-state index < -0.39 is 15.9 Å². The molecule has 2 aromatic carbocycles. The van der Waals surface area contributed by atoms with Crippen LogP contribution in [-0.4, -0.2) is 32.7 Å². The number of anilines is 1. The summed E-state index contributed by atoms with van der Waals surface area (Å²) in [7, 11) is -1.000. The molecule has 1 amide bonds. The normalized spacial score (nSPS) is 11.6. The zero-order chi connectivity index (χ0) is 18.1. The van der Waals surface area contributed by atoms with Crippen molar-refractivity contribution in [1.82, 2.24) is 4.31 Å². The maximum atomic E-state index is 12.3. The van der Waals surface area contributed by atoms with Gasteiger partial charge in [0, 0.05) is 25.3 Å². The summed E-state index contributed by atoms with van der Waals surface area (Å²) in [6, 6.07) is 8.65. The molecule has 0 radical (unpaired) electrons. The summed E-state index contributed by atoms with van der Waals surface area (Å²) >= 11 is 17.7. The molecule has 2 rings (SSSR count). The Labute approximate surface area is 155 Å². The Morgan fingerprint density at radius 2 is 1.58 bits per heavy atom. The van der Waals surface area contributed by atoms with Crippen LogP contribution in [0.1, 0.15) is 10.4 Å². The first-order chi connectivity index (χ1) is 11.1. The first-order valence-electron chi connectivity index (χ1n) is 6.61. The van der Waals surface area contributed by atoms with Crippen LogP contribution in [-0.2, 0) is 10.0 Å². The van der Waals surface area contributed by atoms with Gasteiger partial charge in [-0.2, -0.15) is 0 Å². The quantitative estimate of drug-likeness (QED) is 0.828. The van der Waals surface area contributed by atoms with E-state index in [4.69, 9.17) is 34.8 Å². The molecule has 0 atom stereocenters. The molecule has 24 heavy (non-hydrogen) atoms. The van der Waals surface area contributed by atoms with Crippen molar-refractivity contribution in [2.75, 3.05) is 19.4 Å². The Balaban J connectivity index is 2.35. The molecule has 0 aliphatic heterocycles. The van der Waals surface area contributed by atoms with Crippen molar-refractivity contribution in [3.05, 3.63) is 57.0 Å². The van der Waals surface area contributed by atoms with Crippen LogP contribution in [0.2, 0.25) is 15.1 Å². The molecule has 0 unspecified atom stereocenters. The van der Waals surface area contributed by atoms with Crippen molar-refractivity contribution in [3.8, 4) is 0 Å². The van der Waals surface area contributed by atoms with Crippen LogP contribution in [0, 0.1) is 0 Å². The third kappa shape index (κ3) is 4.02. The van der Waals surface area contributed by atoms with E-state index in [2.05, 4.69) is 5.32 Å². The first-order valence-corrected chi connectivity index (χ1v) is 9.19. The number of hydrogen-bond acceptors (Lipinski definition) is 3.